The van der Waals surface area contributed by atoms with E-state index in [1.165, 1.54) is 7.11 Å². The molecule has 2 aliphatic rings. The largest absolute Gasteiger partial charge is 0.469 e. The third-order valence-corrected chi connectivity index (χ3v) is 4.30. The van der Waals surface area contributed by atoms with Crippen LogP contribution in [0, 0.1) is 11.8 Å². The van der Waals surface area contributed by atoms with E-state index in [0.29, 0.717) is 0 Å². The van der Waals surface area contributed by atoms with E-state index in [9.17, 15) is 9.59 Å². The summed E-state index contributed by atoms with van der Waals surface area (Å²) in [6.45, 7) is 7.64. The predicted octanol–water partition coefficient (Wildman–Crippen LogP) is 2.58. The van der Waals surface area contributed by atoms with Gasteiger partial charge in [-0.25, -0.2) is 4.79 Å². The van der Waals surface area contributed by atoms with Gasteiger partial charge in [-0.2, -0.15) is 0 Å². The molecule has 4 atom stereocenters. The second-order valence-corrected chi connectivity index (χ2v) is 6.95. The van der Waals surface area contributed by atoms with E-state index >= 15 is 0 Å². The molecular weight excluding hydrogens is 258 g/mol. The minimum atomic E-state index is -0.514. The zero-order valence-corrected chi connectivity index (χ0v) is 13.0. The Kier molecular flexibility index (Phi) is 3.98. The van der Waals surface area contributed by atoms with Crippen molar-refractivity contribution in [3.05, 3.63) is 0 Å². The minimum absolute atomic E-state index is 0.0777. The lowest BCUT2D eigenvalue weighted by molar-refractivity contribution is -0.151. The van der Waals surface area contributed by atoms with Crippen LogP contribution < -0.4 is 0 Å². The summed E-state index contributed by atoms with van der Waals surface area (Å²) in [6, 6.07) is 0.122. The van der Waals surface area contributed by atoms with Gasteiger partial charge in [0.05, 0.1) is 13.0 Å². The summed E-state index contributed by atoms with van der Waals surface area (Å²) in [7, 11) is 1.41. The Bertz CT molecular complexity index is 401. The van der Waals surface area contributed by atoms with Gasteiger partial charge < -0.3 is 14.4 Å². The lowest BCUT2D eigenvalue weighted by Crippen LogP contribution is -2.54. The number of amides is 1. The third kappa shape index (κ3) is 2.76. The van der Waals surface area contributed by atoms with Gasteiger partial charge >= 0.3 is 12.1 Å². The lowest BCUT2D eigenvalue weighted by atomic mass is 9.81. The van der Waals surface area contributed by atoms with Crippen LogP contribution in [0.4, 0.5) is 4.79 Å². The van der Waals surface area contributed by atoms with Gasteiger partial charge in [0, 0.05) is 12.1 Å². The molecule has 0 spiro atoms. The number of nitrogens with zero attached hydrogens (tertiary/aromatic N) is 1. The Balaban J connectivity index is 2.19. The van der Waals surface area contributed by atoms with Crippen molar-refractivity contribution in [2.24, 2.45) is 11.8 Å². The molecule has 0 saturated carbocycles. The van der Waals surface area contributed by atoms with Crippen molar-refractivity contribution in [2.75, 3.05) is 7.11 Å². The maximum absolute atomic E-state index is 12.4. The average molecular weight is 283 g/mol. The SMILES string of the molecule is COC(=O)C1C(C)CC2CCC1N2C(=O)OC(C)(C)C. The number of carbonyl (C=O) groups excluding carboxylic acids is 2. The summed E-state index contributed by atoms with van der Waals surface area (Å²) in [6.07, 6.45) is 2.34. The van der Waals surface area contributed by atoms with E-state index in [0.717, 1.165) is 19.3 Å². The molecule has 0 aliphatic carbocycles. The highest BCUT2D eigenvalue weighted by atomic mass is 16.6. The van der Waals surface area contributed by atoms with Crippen LogP contribution >= 0.6 is 0 Å². The number of hydrogen-bond donors (Lipinski definition) is 0. The molecule has 2 fully saturated rings. The van der Waals surface area contributed by atoms with Crippen molar-refractivity contribution in [2.45, 2.75) is 64.6 Å². The average Bonchev–Trinajstić information content (AvgIpc) is 2.63. The number of piperidine rings is 1. The number of fused-ring (bicyclic) bond motifs is 2. The predicted molar refractivity (Wildman–Crippen MR) is 74.2 cm³/mol. The van der Waals surface area contributed by atoms with Crippen molar-refractivity contribution in [3.8, 4) is 0 Å². The molecule has 114 valence electrons. The number of methoxy groups -OCH3 is 1. The van der Waals surface area contributed by atoms with Crippen LogP contribution in [0.25, 0.3) is 0 Å². The van der Waals surface area contributed by atoms with Crippen molar-refractivity contribution in [3.63, 3.8) is 0 Å². The van der Waals surface area contributed by atoms with Crippen molar-refractivity contribution < 1.29 is 19.1 Å². The molecule has 2 saturated heterocycles. The Labute approximate surface area is 120 Å². The van der Waals surface area contributed by atoms with Gasteiger partial charge in [0.1, 0.15) is 5.60 Å². The molecule has 20 heavy (non-hydrogen) atoms. The molecule has 0 aromatic heterocycles. The molecule has 0 N–H and O–H groups in total. The van der Waals surface area contributed by atoms with Crippen molar-refractivity contribution in [1.29, 1.82) is 0 Å². The fraction of sp³-hybridized carbons (Fsp3) is 0.867. The Morgan fingerprint density at radius 2 is 1.85 bits per heavy atom. The zero-order chi connectivity index (χ0) is 15.1. The summed E-state index contributed by atoms with van der Waals surface area (Å²) in [5.74, 6) is -0.193. The van der Waals surface area contributed by atoms with Crippen LogP contribution in [-0.4, -0.2) is 41.8 Å². The molecule has 2 bridgehead atoms. The van der Waals surface area contributed by atoms with Crippen LogP contribution in [0.15, 0.2) is 0 Å². The van der Waals surface area contributed by atoms with E-state index in [2.05, 4.69) is 6.92 Å². The first-order valence-corrected chi connectivity index (χ1v) is 7.33. The maximum Gasteiger partial charge on any atom is 0.410 e. The van der Waals surface area contributed by atoms with E-state index in [1.54, 1.807) is 4.90 Å². The standard InChI is InChI=1S/C15H25NO4/c1-9-8-10-6-7-11(12(9)13(17)19-5)16(10)14(18)20-15(2,3)4/h9-12H,6-8H2,1-5H3. The smallest absolute Gasteiger partial charge is 0.410 e. The number of esters is 1. The summed E-state index contributed by atoms with van der Waals surface area (Å²) in [5, 5.41) is 0. The highest BCUT2D eigenvalue weighted by Crippen LogP contribution is 2.43. The first-order valence-electron chi connectivity index (χ1n) is 7.33. The molecule has 2 heterocycles. The summed E-state index contributed by atoms with van der Waals surface area (Å²) in [4.78, 5) is 26.2. The molecule has 2 rings (SSSR count). The Morgan fingerprint density at radius 3 is 2.40 bits per heavy atom. The van der Waals surface area contributed by atoms with Crippen molar-refractivity contribution in [1.82, 2.24) is 4.90 Å². The summed E-state index contributed by atoms with van der Waals surface area (Å²) < 4.78 is 10.4. The summed E-state index contributed by atoms with van der Waals surface area (Å²) in [5.41, 5.74) is -0.514. The molecule has 0 radical (unpaired) electrons. The van der Waals surface area contributed by atoms with Crippen LogP contribution in [0.1, 0.15) is 47.0 Å². The highest BCUT2D eigenvalue weighted by Gasteiger charge is 2.51. The maximum atomic E-state index is 12.4. The zero-order valence-electron chi connectivity index (χ0n) is 13.0. The van der Waals surface area contributed by atoms with Crippen LogP contribution in [0.3, 0.4) is 0 Å². The van der Waals surface area contributed by atoms with E-state index < -0.39 is 5.60 Å². The van der Waals surface area contributed by atoms with Gasteiger partial charge in [0.25, 0.3) is 0 Å². The normalized spacial score (nSPS) is 33.0. The minimum Gasteiger partial charge on any atom is -0.469 e. The van der Waals surface area contributed by atoms with Gasteiger partial charge in [-0.05, 0) is 46.0 Å². The second kappa shape index (κ2) is 5.26. The fourth-order valence-corrected chi connectivity index (χ4v) is 3.58. The monoisotopic (exact) mass is 283 g/mol. The van der Waals surface area contributed by atoms with E-state index in [4.69, 9.17) is 9.47 Å². The number of rotatable bonds is 1. The highest BCUT2D eigenvalue weighted by molar-refractivity contribution is 5.76. The molecule has 5 heteroatoms. The first kappa shape index (κ1) is 15.1. The van der Waals surface area contributed by atoms with Crippen LogP contribution in [0.2, 0.25) is 0 Å². The van der Waals surface area contributed by atoms with Gasteiger partial charge in [-0.15, -0.1) is 0 Å². The Morgan fingerprint density at radius 1 is 1.20 bits per heavy atom. The molecule has 2 aliphatic heterocycles. The molecular formula is C15H25NO4. The third-order valence-electron chi connectivity index (χ3n) is 4.30. The van der Waals surface area contributed by atoms with Gasteiger partial charge in [0.15, 0.2) is 0 Å². The van der Waals surface area contributed by atoms with Gasteiger partial charge in [-0.3, -0.25) is 4.79 Å². The Hall–Kier alpha value is -1.26. The lowest BCUT2D eigenvalue weighted by Gasteiger charge is -2.42. The van der Waals surface area contributed by atoms with Gasteiger partial charge in [-0.1, -0.05) is 6.92 Å². The second-order valence-electron chi connectivity index (χ2n) is 6.95. The molecule has 1 amide bonds. The fourth-order valence-electron chi connectivity index (χ4n) is 3.58. The van der Waals surface area contributed by atoms with Crippen LogP contribution in [-0.2, 0) is 14.3 Å². The van der Waals surface area contributed by atoms with Crippen molar-refractivity contribution >= 4 is 12.1 Å². The van der Waals surface area contributed by atoms with E-state index in [1.807, 2.05) is 20.8 Å². The molecule has 5 nitrogen and oxygen atoms in total. The van der Waals surface area contributed by atoms with Gasteiger partial charge in [0.2, 0.25) is 0 Å². The molecule has 0 aromatic rings. The first-order chi connectivity index (χ1) is 9.24. The van der Waals surface area contributed by atoms with Crippen LogP contribution in [0.5, 0.6) is 0 Å². The quantitative estimate of drug-likeness (QED) is 0.694. The number of ether oxygens (including phenoxy) is 2. The molecule has 0 aromatic carbocycles. The number of hydrogen-bond acceptors (Lipinski definition) is 4. The topological polar surface area (TPSA) is 55.8 Å². The number of carbonyl (C=O) groups is 2. The molecule has 4 unspecified atom stereocenters. The van der Waals surface area contributed by atoms with E-state index in [-0.39, 0.29) is 36.0 Å². The summed E-state index contributed by atoms with van der Waals surface area (Å²) >= 11 is 0.